The van der Waals surface area contributed by atoms with Crippen molar-refractivity contribution in [1.29, 1.82) is 0 Å². The fourth-order valence-corrected chi connectivity index (χ4v) is 16.9. The number of benzene rings is 1. The van der Waals surface area contributed by atoms with Crippen LogP contribution in [0.4, 0.5) is 28.9 Å². The van der Waals surface area contributed by atoms with Gasteiger partial charge in [-0.1, -0.05) is 66.2 Å². The Labute approximate surface area is 667 Å². The molecule has 1 aliphatic heterocycles. The Bertz CT molecular complexity index is 3690. The van der Waals surface area contributed by atoms with Crippen LogP contribution in [0.25, 0.3) is 0 Å². The Hall–Kier alpha value is -8.76. The molecule has 0 radical (unpaired) electrons. The molecule has 1 aromatic rings. The minimum Gasteiger partial charge on any atom is -0.481 e. The quantitative estimate of drug-likeness (QED) is 0.0189. The fourth-order valence-electron chi connectivity index (χ4n) is 16.9. The smallest absolute Gasteiger partial charge is 0.408 e. The maximum Gasteiger partial charge on any atom is 0.408 e. The normalized spacial score (nSPS) is 27.3. The number of primary amides is 1. The van der Waals surface area contributed by atoms with Gasteiger partial charge in [-0.2, -0.15) is 0 Å². The van der Waals surface area contributed by atoms with Crippen molar-refractivity contribution in [3.05, 3.63) is 53.6 Å². The molecule has 13 N–H and O–H groups in total. The predicted octanol–water partition coefficient (Wildman–Crippen LogP) is 4.11. The van der Waals surface area contributed by atoms with Crippen LogP contribution in [0.15, 0.2) is 48.1 Å². The van der Waals surface area contributed by atoms with E-state index in [1.165, 1.54) is 43.3 Å². The summed E-state index contributed by atoms with van der Waals surface area (Å²) in [6, 6.07) is -2.16. The number of carbonyl (C=O) groups is 12. The highest BCUT2D eigenvalue weighted by molar-refractivity contribution is 6.02. The van der Waals surface area contributed by atoms with E-state index in [1.807, 2.05) is 6.92 Å². The number of alkyl carbamates (subject to hydrolysis) is 2. The number of alkyl halides is 2. The zero-order valence-corrected chi connectivity index (χ0v) is 66.5. The van der Waals surface area contributed by atoms with Crippen molar-refractivity contribution >= 4 is 76.9 Å². The van der Waals surface area contributed by atoms with Gasteiger partial charge >= 0.3 is 30.2 Å². The van der Waals surface area contributed by atoms with Gasteiger partial charge < -0.3 is 106 Å². The second-order valence-corrected chi connectivity index (χ2v) is 31.6. The minimum absolute atomic E-state index is 0.00618. The maximum absolute atomic E-state index is 18.1. The highest BCUT2D eigenvalue weighted by Crippen LogP contribution is 2.72. The van der Waals surface area contributed by atoms with Gasteiger partial charge in [0.05, 0.1) is 78.3 Å². The molecule has 1 aromatic carbocycles. The number of ketones is 2. The number of esters is 1. The first-order chi connectivity index (χ1) is 54.8. The number of ether oxygens (including phenoxy) is 9. The largest absolute Gasteiger partial charge is 0.481 e. The van der Waals surface area contributed by atoms with Gasteiger partial charge in [0.1, 0.15) is 43.0 Å². The number of urea groups is 1. The van der Waals surface area contributed by atoms with Crippen LogP contribution in [0, 0.1) is 64.1 Å². The molecule has 4 saturated carbocycles. The first-order valence-electron chi connectivity index (χ1n) is 39.9. The standard InChI is InChI=1S/C80H115F2N9O24/c1-8-14-67-114-64-40-54-55-39-57(81)56-38-50(93)24-26-77(56,6)79(55,82)62(94)41-78(54,7)80(64,115-67)63(95)45-111-73(103)60(37-46(2)3)89-71(101)61(42-92)90-76(106)112-43-48-18-20-49(21-19-48)86-69(99)58(17-13-27-84-74(83)104)88-72(102)68(47(4)5)91-70(100)59(22-23-66(97)98)87-65(96)25-29-107-31-33-109-35-36-110-34-32-108-30-28-85-75(105)113-44-53-51-15-11-9-10-12-16-52(51)53/h18-21,24,26,38,46-47,51-55,57-62,64,67-68,92,94H,8,11-17,22-23,25,27-37,39-45H2,1-7H3,(H,85,105)(H,86,99)(H,87,96)(H,88,102)(H,89,101)(H,90,106)(H,91,100)(H,97,98)(H3,83,84,104)/t51-,52+,53-,54-,55-,57-,58-,59-,60-,61-,62-,64?,67?,68-,77-,78-,79-,80+/m0/s1. The van der Waals surface area contributed by atoms with E-state index in [0.29, 0.717) is 62.5 Å². The third-order valence-electron chi connectivity index (χ3n) is 22.9. The molecule has 8 rings (SSSR count). The number of aliphatic hydroxyl groups is 2. The Morgan fingerprint density at radius 3 is 1.97 bits per heavy atom. The molecule has 1 saturated heterocycles. The van der Waals surface area contributed by atoms with Crippen molar-refractivity contribution in [1.82, 2.24) is 37.2 Å². The number of rotatable bonds is 46. The molecule has 0 spiro atoms. The maximum atomic E-state index is 18.1. The molecule has 0 bridgehead atoms. The summed E-state index contributed by atoms with van der Waals surface area (Å²) in [5, 5.41) is 52.2. The number of hydrogen-bond donors (Lipinski definition) is 12. The van der Waals surface area contributed by atoms with Crippen molar-refractivity contribution in [2.45, 2.75) is 218 Å². The van der Waals surface area contributed by atoms with Gasteiger partial charge in [0, 0.05) is 61.2 Å². The molecule has 7 aliphatic rings. The van der Waals surface area contributed by atoms with Crippen molar-refractivity contribution in [3.63, 3.8) is 0 Å². The van der Waals surface area contributed by atoms with Gasteiger partial charge in [-0.25, -0.2) is 28.0 Å². The van der Waals surface area contributed by atoms with Crippen molar-refractivity contribution < 1.29 is 124 Å². The molecule has 5 fully saturated rings. The van der Waals surface area contributed by atoms with Gasteiger partial charge in [0.15, 0.2) is 29.9 Å². The number of carboxylic acid groups (broad SMARTS) is 1. The number of nitrogens with two attached hydrogens (primary N) is 1. The highest BCUT2D eigenvalue weighted by Gasteiger charge is 2.80. The summed E-state index contributed by atoms with van der Waals surface area (Å²) in [7, 11) is 0. The lowest BCUT2D eigenvalue weighted by Crippen LogP contribution is -2.71. The number of aliphatic hydroxyl groups excluding tert-OH is 2. The Kier molecular flexibility index (Phi) is 34.2. The average molecular weight is 1620 g/mol. The number of fused-ring (bicyclic) bond motifs is 8. The molecule has 33 nitrogen and oxygen atoms in total. The van der Waals surface area contributed by atoms with Crippen LogP contribution >= 0.6 is 0 Å². The summed E-state index contributed by atoms with van der Waals surface area (Å²) in [6.07, 6.45) is -0.441. The van der Waals surface area contributed by atoms with Gasteiger partial charge in [0.25, 0.3) is 0 Å². The SMILES string of the molecule is CCCC1OC2C[C@H]3[C@@H]4C[C@H](F)C5=CC(=O)C=C[C@]5(C)[C@@]4(F)[C@@H](O)C[C@]3(C)[C@]2(C(=O)COC(=O)[C@H](CC(C)C)NC(=O)[C@H](CO)NC(=O)OCc2ccc(NC(=O)[C@H](CCCNC(N)=O)NC(=O)[C@@H](NC(=O)[C@H](CCC(=O)O)NC(=O)CCOCCOCCOCCOCCNC(=O)OC[C@@H]3[C@@H]4CCC#CCC[C@@H]43)C(C)C)cc2)O1. The molecule has 638 valence electrons. The summed E-state index contributed by atoms with van der Waals surface area (Å²) in [4.78, 5) is 159. The Balaban J connectivity index is 0.755. The fraction of sp³-hybridized carbons (Fsp3) is 0.700. The van der Waals surface area contributed by atoms with Gasteiger partial charge in [-0.05, 0) is 142 Å². The summed E-state index contributed by atoms with van der Waals surface area (Å²) in [5.41, 5.74) is -1.70. The molecule has 35 heteroatoms. The van der Waals surface area contributed by atoms with Crippen LogP contribution in [-0.2, 0) is 92.4 Å². The second-order valence-electron chi connectivity index (χ2n) is 31.6. The number of Topliss-reactive ketones (excluding diaryl/α,β-unsaturated/α-hetero) is 1. The van der Waals surface area contributed by atoms with Crippen LogP contribution < -0.4 is 48.3 Å². The predicted molar refractivity (Wildman–Crippen MR) is 406 cm³/mol. The number of carbonyl (C=O) groups excluding carboxylic acids is 11. The number of halogens is 2. The molecule has 0 aromatic heterocycles. The molecule has 18 atom stereocenters. The number of amides is 9. The number of allylic oxidation sites excluding steroid dienone is 4. The molecule has 6 aliphatic carbocycles. The topological polar surface area (TPSA) is 471 Å². The van der Waals surface area contributed by atoms with Crippen LogP contribution in [0.1, 0.15) is 150 Å². The number of aliphatic carboxylic acids is 1. The van der Waals surface area contributed by atoms with Crippen LogP contribution in [-0.4, -0.2) is 238 Å². The average Bonchev–Trinajstić information content (AvgIpc) is 1.57. The van der Waals surface area contributed by atoms with Crippen molar-refractivity contribution in [2.75, 3.05) is 91.1 Å². The molecular formula is C80H115F2N9O24. The van der Waals surface area contributed by atoms with Gasteiger partial charge in [-0.3, -0.25) is 38.4 Å². The highest BCUT2D eigenvalue weighted by atomic mass is 19.1. The summed E-state index contributed by atoms with van der Waals surface area (Å²) in [5.74, 6) is -2.63. The van der Waals surface area contributed by atoms with E-state index in [2.05, 4.69) is 54.4 Å². The molecule has 9 amide bonds. The Morgan fingerprint density at radius 1 is 0.713 bits per heavy atom. The van der Waals surface area contributed by atoms with Crippen molar-refractivity contribution in [3.8, 4) is 11.8 Å². The lowest BCUT2D eigenvalue weighted by molar-refractivity contribution is -0.235. The third-order valence-corrected chi connectivity index (χ3v) is 22.9. The summed E-state index contributed by atoms with van der Waals surface area (Å²) >= 11 is 0. The van der Waals surface area contributed by atoms with Gasteiger partial charge in [-0.15, -0.1) is 11.8 Å². The van der Waals surface area contributed by atoms with E-state index < -0.39 is 199 Å². The Morgan fingerprint density at radius 2 is 1.35 bits per heavy atom. The van der Waals surface area contributed by atoms with E-state index >= 15 is 8.78 Å². The first kappa shape index (κ1) is 91.8. The van der Waals surface area contributed by atoms with Crippen molar-refractivity contribution in [2.24, 2.45) is 58.0 Å². The molecule has 115 heavy (non-hydrogen) atoms. The number of hydrogen-bond acceptors (Lipinski definition) is 23. The minimum atomic E-state index is -2.46. The van der Waals surface area contributed by atoms with Crippen LogP contribution in [0.5, 0.6) is 0 Å². The summed E-state index contributed by atoms with van der Waals surface area (Å²) < 4.78 is 85.8. The van der Waals surface area contributed by atoms with Crippen LogP contribution in [0.2, 0.25) is 0 Å². The number of anilines is 1. The number of carboxylic acids is 1. The van der Waals surface area contributed by atoms with E-state index in [0.717, 1.165) is 31.8 Å². The molecular weight excluding hydrogens is 1510 g/mol. The first-order valence-corrected chi connectivity index (χ1v) is 39.9. The van der Waals surface area contributed by atoms with E-state index in [1.54, 1.807) is 34.6 Å². The molecule has 1 heterocycles. The van der Waals surface area contributed by atoms with E-state index in [9.17, 15) is 72.9 Å². The lowest BCUT2D eigenvalue weighted by Gasteiger charge is -2.63. The zero-order valence-electron chi connectivity index (χ0n) is 66.5. The molecule has 2 unspecified atom stereocenters. The van der Waals surface area contributed by atoms with Gasteiger partial charge in [0.2, 0.25) is 35.3 Å². The van der Waals surface area contributed by atoms with E-state index in [-0.39, 0.29) is 108 Å². The third kappa shape index (κ3) is 24.0. The summed E-state index contributed by atoms with van der Waals surface area (Å²) in [6.45, 7) is 11.7. The lowest BCUT2D eigenvalue weighted by atomic mass is 9.44. The van der Waals surface area contributed by atoms with E-state index in [4.69, 9.17) is 48.4 Å². The zero-order chi connectivity index (χ0) is 83.8. The monoisotopic (exact) mass is 1620 g/mol. The van der Waals surface area contributed by atoms with Crippen LogP contribution in [0.3, 0.4) is 0 Å². The number of nitrogens with one attached hydrogen (secondary N) is 8. The second kappa shape index (κ2) is 42.9.